The number of aryl methyl sites for hydroxylation is 2. The number of carbonyl (C=O) groups excluding carboxylic acids is 1. The van der Waals surface area contributed by atoms with E-state index in [4.69, 9.17) is 10.5 Å². The van der Waals surface area contributed by atoms with Gasteiger partial charge in [-0.1, -0.05) is 0 Å². The Kier molecular flexibility index (Phi) is 5.82. The van der Waals surface area contributed by atoms with E-state index in [1.54, 1.807) is 10.9 Å². The Morgan fingerprint density at radius 1 is 1.44 bits per heavy atom. The Hall–Kier alpha value is -1.77. The Balaban J connectivity index is 1.61. The van der Waals surface area contributed by atoms with Crippen LogP contribution in [0, 0.1) is 6.92 Å². The first-order chi connectivity index (χ1) is 12.1. The smallest absolute Gasteiger partial charge is 0.265 e. The molecule has 0 spiro atoms. The molecule has 7 nitrogen and oxygen atoms in total. The molecule has 8 heteroatoms. The Labute approximate surface area is 151 Å². The third-order valence-electron chi connectivity index (χ3n) is 4.37. The summed E-state index contributed by atoms with van der Waals surface area (Å²) in [6, 6.07) is 0. The number of hydrogen-bond donors (Lipinski definition) is 1. The van der Waals surface area contributed by atoms with Gasteiger partial charge in [-0.2, -0.15) is 5.10 Å². The van der Waals surface area contributed by atoms with E-state index >= 15 is 0 Å². The van der Waals surface area contributed by atoms with E-state index in [1.165, 1.54) is 11.3 Å². The lowest BCUT2D eigenvalue weighted by molar-refractivity contribution is 0.00855. The van der Waals surface area contributed by atoms with Gasteiger partial charge in [-0.05, 0) is 32.7 Å². The maximum absolute atomic E-state index is 12.9. The SMILES string of the molecule is Cc1nc(-c2cnn(C)c2)sc1C(=O)N1CCC(OCCCN)CC1. The molecule has 1 aliphatic rings. The Bertz CT molecular complexity index is 718. The first-order valence-corrected chi connectivity index (χ1v) is 9.47. The van der Waals surface area contributed by atoms with Crippen molar-refractivity contribution in [1.82, 2.24) is 19.7 Å². The minimum Gasteiger partial charge on any atom is -0.378 e. The maximum Gasteiger partial charge on any atom is 0.265 e. The van der Waals surface area contributed by atoms with Crippen LogP contribution in [-0.4, -0.2) is 57.9 Å². The van der Waals surface area contributed by atoms with E-state index in [1.807, 2.05) is 25.1 Å². The lowest BCUT2D eigenvalue weighted by atomic mass is 10.1. The van der Waals surface area contributed by atoms with Crippen molar-refractivity contribution >= 4 is 17.2 Å². The largest absolute Gasteiger partial charge is 0.378 e. The predicted molar refractivity (Wildman–Crippen MR) is 97.6 cm³/mol. The van der Waals surface area contributed by atoms with Gasteiger partial charge in [0.05, 0.1) is 18.0 Å². The minimum absolute atomic E-state index is 0.0746. The topological polar surface area (TPSA) is 86.3 Å². The molecule has 25 heavy (non-hydrogen) atoms. The molecule has 1 amide bonds. The standard InChI is InChI=1S/C17H25N5O2S/c1-12-15(25-16(20-12)13-10-19-21(2)11-13)17(23)22-7-4-14(5-8-22)24-9-3-6-18/h10-11,14H,3-9,18H2,1-2H3. The van der Waals surface area contributed by atoms with Crippen molar-refractivity contribution in [1.29, 1.82) is 0 Å². The second-order valence-electron chi connectivity index (χ2n) is 6.34. The molecule has 2 aromatic heterocycles. The van der Waals surface area contributed by atoms with E-state index < -0.39 is 0 Å². The number of ether oxygens (including phenoxy) is 1. The zero-order chi connectivity index (χ0) is 17.8. The van der Waals surface area contributed by atoms with E-state index in [9.17, 15) is 4.79 Å². The summed E-state index contributed by atoms with van der Waals surface area (Å²) in [5.74, 6) is 0.0746. The molecule has 3 heterocycles. The second-order valence-corrected chi connectivity index (χ2v) is 7.34. The number of amides is 1. The first-order valence-electron chi connectivity index (χ1n) is 8.66. The molecule has 3 rings (SSSR count). The highest BCUT2D eigenvalue weighted by Crippen LogP contribution is 2.29. The van der Waals surface area contributed by atoms with Crippen LogP contribution in [-0.2, 0) is 11.8 Å². The van der Waals surface area contributed by atoms with Gasteiger partial charge in [0.25, 0.3) is 5.91 Å². The summed E-state index contributed by atoms with van der Waals surface area (Å²) < 4.78 is 7.55. The molecule has 136 valence electrons. The van der Waals surface area contributed by atoms with Crippen LogP contribution in [0.4, 0.5) is 0 Å². The number of carbonyl (C=O) groups is 1. The fraction of sp³-hybridized carbons (Fsp3) is 0.588. The number of hydrogen-bond acceptors (Lipinski definition) is 6. The van der Waals surface area contributed by atoms with Crippen LogP contribution >= 0.6 is 11.3 Å². The van der Waals surface area contributed by atoms with Gasteiger partial charge in [-0.3, -0.25) is 9.48 Å². The number of nitrogens with two attached hydrogens (primary N) is 1. The summed E-state index contributed by atoms with van der Waals surface area (Å²) in [6.07, 6.45) is 6.57. The summed E-state index contributed by atoms with van der Waals surface area (Å²) >= 11 is 1.44. The molecule has 1 fully saturated rings. The van der Waals surface area contributed by atoms with Gasteiger partial charge in [0, 0.05) is 38.5 Å². The minimum atomic E-state index is 0.0746. The molecular formula is C17H25N5O2S. The summed E-state index contributed by atoms with van der Waals surface area (Å²) in [5.41, 5.74) is 7.22. The van der Waals surface area contributed by atoms with Crippen molar-refractivity contribution in [2.45, 2.75) is 32.3 Å². The monoisotopic (exact) mass is 363 g/mol. The van der Waals surface area contributed by atoms with E-state index in [2.05, 4.69) is 10.1 Å². The molecular weight excluding hydrogens is 338 g/mol. The summed E-state index contributed by atoms with van der Waals surface area (Å²) in [7, 11) is 1.87. The summed E-state index contributed by atoms with van der Waals surface area (Å²) in [6.45, 7) is 4.71. The Morgan fingerprint density at radius 3 is 2.84 bits per heavy atom. The van der Waals surface area contributed by atoms with Crippen molar-refractivity contribution in [3.63, 3.8) is 0 Å². The lowest BCUT2D eigenvalue weighted by Crippen LogP contribution is -2.41. The van der Waals surface area contributed by atoms with Crippen LogP contribution < -0.4 is 5.73 Å². The molecule has 0 unspecified atom stereocenters. The molecule has 1 aliphatic heterocycles. The normalized spacial score (nSPS) is 15.7. The highest BCUT2D eigenvalue weighted by Gasteiger charge is 2.27. The zero-order valence-electron chi connectivity index (χ0n) is 14.8. The first kappa shape index (κ1) is 18.0. The number of rotatable bonds is 6. The van der Waals surface area contributed by atoms with E-state index in [0.29, 0.717) is 13.2 Å². The number of piperidine rings is 1. The highest BCUT2D eigenvalue weighted by molar-refractivity contribution is 7.17. The summed E-state index contributed by atoms with van der Waals surface area (Å²) in [5, 5.41) is 5.01. The Morgan fingerprint density at radius 2 is 2.20 bits per heavy atom. The lowest BCUT2D eigenvalue weighted by Gasteiger charge is -2.31. The van der Waals surface area contributed by atoms with Crippen molar-refractivity contribution in [2.75, 3.05) is 26.2 Å². The average molecular weight is 363 g/mol. The maximum atomic E-state index is 12.9. The van der Waals surface area contributed by atoms with Crippen molar-refractivity contribution in [3.8, 4) is 10.6 Å². The van der Waals surface area contributed by atoms with Crippen molar-refractivity contribution in [3.05, 3.63) is 23.0 Å². The average Bonchev–Trinajstić information content (AvgIpc) is 3.21. The van der Waals surface area contributed by atoms with Gasteiger partial charge >= 0.3 is 0 Å². The van der Waals surface area contributed by atoms with Crippen LogP contribution in [0.2, 0.25) is 0 Å². The molecule has 0 bridgehead atoms. The van der Waals surface area contributed by atoms with Crippen LogP contribution in [0.25, 0.3) is 10.6 Å². The number of aromatic nitrogens is 3. The fourth-order valence-electron chi connectivity index (χ4n) is 2.95. The highest BCUT2D eigenvalue weighted by atomic mass is 32.1. The molecule has 1 saturated heterocycles. The van der Waals surface area contributed by atoms with Gasteiger partial charge in [0.15, 0.2) is 0 Å². The quantitative estimate of drug-likeness (QED) is 0.791. The third-order valence-corrected chi connectivity index (χ3v) is 5.57. The van der Waals surface area contributed by atoms with Gasteiger partial charge < -0.3 is 15.4 Å². The molecule has 0 aliphatic carbocycles. The molecule has 2 aromatic rings. The number of likely N-dealkylation sites (tertiary alicyclic amines) is 1. The number of nitrogens with zero attached hydrogens (tertiary/aromatic N) is 4. The van der Waals surface area contributed by atoms with Gasteiger partial charge in [0.1, 0.15) is 9.88 Å². The van der Waals surface area contributed by atoms with Crippen LogP contribution in [0.3, 0.4) is 0 Å². The molecule has 2 N–H and O–H groups in total. The van der Waals surface area contributed by atoms with Crippen LogP contribution in [0.5, 0.6) is 0 Å². The van der Waals surface area contributed by atoms with Crippen molar-refractivity contribution < 1.29 is 9.53 Å². The molecule has 0 saturated carbocycles. The van der Waals surface area contributed by atoms with Gasteiger partial charge in [-0.25, -0.2) is 4.98 Å². The summed E-state index contributed by atoms with van der Waals surface area (Å²) in [4.78, 5) is 20.0. The van der Waals surface area contributed by atoms with Crippen LogP contribution in [0.15, 0.2) is 12.4 Å². The van der Waals surface area contributed by atoms with Crippen LogP contribution in [0.1, 0.15) is 34.6 Å². The van der Waals surface area contributed by atoms with E-state index in [-0.39, 0.29) is 12.0 Å². The van der Waals surface area contributed by atoms with E-state index in [0.717, 1.165) is 53.5 Å². The van der Waals surface area contributed by atoms with Crippen molar-refractivity contribution in [2.24, 2.45) is 12.8 Å². The predicted octanol–water partition coefficient (Wildman–Crippen LogP) is 1.82. The third kappa shape index (κ3) is 4.26. The molecule has 0 radical (unpaired) electrons. The number of thiazole rings is 1. The van der Waals surface area contributed by atoms with Gasteiger partial charge in [-0.15, -0.1) is 11.3 Å². The fourth-order valence-corrected chi connectivity index (χ4v) is 3.96. The molecule has 0 atom stereocenters. The zero-order valence-corrected chi connectivity index (χ0v) is 15.6. The second kappa shape index (κ2) is 8.07. The molecule has 0 aromatic carbocycles. The van der Waals surface area contributed by atoms with Gasteiger partial charge in [0.2, 0.25) is 0 Å².